The van der Waals surface area contributed by atoms with Crippen LogP contribution in [0.2, 0.25) is 0 Å². The summed E-state index contributed by atoms with van der Waals surface area (Å²) in [6, 6.07) is 0. The Morgan fingerprint density at radius 2 is 1.85 bits per heavy atom. The van der Waals surface area contributed by atoms with Crippen LogP contribution in [0.5, 0.6) is 0 Å². The summed E-state index contributed by atoms with van der Waals surface area (Å²) < 4.78 is 17.4. The molecule has 0 unspecified atom stereocenters. The molecule has 2 rings (SSSR count). The molecule has 0 atom stereocenters. The molecule has 0 spiro atoms. The lowest BCUT2D eigenvalue weighted by atomic mass is 9.84. The second kappa shape index (κ2) is 12.6. The van der Waals surface area contributed by atoms with Gasteiger partial charge in [-0.05, 0) is 38.5 Å². The molecular formula is C21H41N3O3. The second-order valence-corrected chi connectivity index (χ2v) is 7.90. The van der Waals surface area contributed by atoms with Gasteiger partial charge in [-0.3, -0.25) is 4.99 Å². The first-order chi connectivity index (χ1) is 13.2. The van der Waals surface area contributed by atoms with Crippen molar-refractivity contribution in [3.8, 4) is 0 Å². The van der Waals surface area contributed by atoms with Crippen molar-refractivity contribution < 1.29 is 14.2 Å². The zero-order chi connectivity index (χ0) is 19.4. The van der Waals surface area contributed by atoms with Crippen LogP contribution in [0.4, 0.5) is 0 Å². The van der Waals surface area contributed by atoms with E-state index < -0.39 is 0 Å². The molecule has 0 aromatic rings. The summed E-state index contributed by atoms with van der Waals surface area (Å²) in [6.45, 7) is 7.47. The average molecular weight is 384 g/mol. The standard InChI is InChI=1S/C21H41N3O3/c1-4-15-27-21(11-6-5-7-12-21)18-23-20(22-2)24-13-9-19(10-14-24)26-17-8-16-25-3/h19H,4-18H2,1-3H3,(H,22,23). The minimum absolute atomic E-state index is 0.00696. The van der Waals surface area contributed by atoms with E-state index in [4.69, 9.17) is 14.2 Å². The average Bonchev–Trinajstić information content (AvgIpc) is 2.72. The van der Waals surface area contributed by atoms with E-state index in [2.05, 4.69) is 22.1 Å². The van der Waals surface area contributed by atoms with E-state index in [0.29, 0.717) is 6.10 Å². The largest absolute Gasteiger partial charge is 0.385 e. The molecule has 27 heavy (non-hydrogen) atoms. The highest BCUT2D eigenvalue weighted by Crippen LogP contribution is 2.31. The summed E-state index contributed by atoms with van der Waals surface area (Å²) in [7, 11) is 3.62. The molecule has 2 aliphatic rings. The third-order valence-electron chi connectivity index (χ3n) is 5.75. The smallest absolute Gasteiger partial charge is 0.193 e. The summed E-state index contributed by atoms with van der Waals surface area (Å²) in [4.78, 5) is 6.90. The summed E-state index contributed by atoms with van der Waals surface area (Å²) >= 11 is 0. The minimum Gasteiger partial charge on any atom is -0.385 e. The number of likely N-dealkylation sites (tertiary alicyclic amines) is 1. The topological polar surface area (TPSA) is 55.3 Å². The monoisotopic (exact) mass is 383 g/mol. The van der Waals surface area contributed by atoms with E-state index in [-0.39, 0.29) is 5.60 Å². The molecule has 6 nitrogen and oxygen atoms in total. The molecule has 0 amide bonds. The Kier molecular flexibility index (Phi) is 10.5. The lowest BCUT2D eigenvalue weighted by Gasteiger charge is -2.39. The number of rotatable bonds is 10. The molecule has 0 aromatic carbocycles. The Balaban J connectivity index is 1.76. The van der Waals surface area contributed by atoms with Gasteiger partial charge in [-0.15, -0.1) is 0 Å². The Hall–Kier alpha value is -0.850. The molecule has 1 N–H and O–H groups in total. The number of nitrogens with one attached hydrogen (secondary N) is 1. The fourth-order valence-electron chi connectivity index (χ4n) is 4.15. The van der Waals surface area contributed by atoms with Gasteiger partial charge in [0, 0.05) is 53.6 Å². The van der Waals surface area contributed by atoms with Crippen molar-refractivity contribution in [1.29, 1.82) is 0 Å². The SMILES string of the molecule is CCCOC1(CNC(=NC)N2CCC(OCCCOC)CC2)CCCCC1. The lowest BCUT2D eigenvalue weighted by molar-refractivity contribution is -0.0661. The van der Waals surface area contributed by atoms with Crippen molar-refractivity contribution in [2.45, 2.75) is 76.4 Å². The normalized spacial score (nSPS) is 21.4. The minimum atomic E-state index is -0.00696. The third kappa shape index (κ3) is 7.59. The molecule has 0 aromatic heterocycles. The van der Waals surface area contributed by atoms with Crippen LogP contribution in [-0.4, -0.2) is 76.2 Å². The zero-order valence-corrected chi connectivity index (χ0v) is 17.8. The number of guanidine groups is 1. The molecule has 1 saturated heterocycles. The van der Waals surface area contributed by atoms with Gasteiger partial charge in [-0.2, -0.15) is 0 Å². The van der Waals surface area contributed by atoms with Gasteiger partial charge in [0.05, 0.1) is 11.7 Å². The number of methoxy groups -OCH3 is 1. The first-order valence-corrected chi connectivity index (χ1v) is 10.9. The predicted octanol–water partition coefficient (Wildman–Crippen LogP) is 3.21. The second-order valence-electron chi connectivity index (χ2n) is 7.90. The van der Waals surface area contributed by atoms with Gasteiger partial charge in [0.1, 0.15) is 0 Å². The summed E-state index contributed by atoms with van der Waals surface area (Å²) in [5, 5.41) is 3.63. The highest BCUT2D eigenvalue weighted by atomic mass is 16.5. The highest BCUT2D eigenvalue weighted by Gasteiger charge is 2.33. The van der Waals surface area contributed by atoms with Gasteiger partial charge in [-0.1, -0.05) is 26.2 Å². The van der Waals surface area contributed by atoms with E-state index in [9.17, 15) is 0 Å². The molecule has 6 heteroatoms. The molecular weight excluding hydrogens is 342 g/mol. The Labute approximate surface area is 166 Å². The fourth-order valence-corrected chi connectivity index (χ4v) is 4.15. The van der Waals surface area contributed by atoms with Crippen LogP contribution in [0.3, 0.4) is 0 Å². The molecule has 1 aliphatic heterocycles. The maximum atomic E-state index is 6.32. The van der Waals surface area contributed by atoms with Crippen molar-refractivity contribution >= 4 is 5.96 Å². The number of ether oxygens (including phenoxy) is 3. The van der Waals surface area contributed by atoms with Crippen LogP contribution in [0, 0.1) is 0 Å². The Morgan fingerprint density at radius 1 is 1.11 bits per heavy atom. The van der Waals surface area contributed by atoms with Crippen LogP contribution in [0.25, 0.3) is 0 Å². The van der Waals surface area contributed by atoms with Crippen LogP contribution >= 0.6 is 0 Å². The van der Waals surface area contributed by atoms with Crippen molar-refractivity contribution in [3.05, 3.63) is 0 Å². The predicted molar refractivity (Wildman–Crippen MR) is 110 cm³/mol. The van der Waals surface area contributed by atoms with Crippen LogP contribution < -0.4 is 5.32 Å². The number of piperidine rings is 1. The fraction of sp³-hybridized carbons (Fsp3) is 0.952. The van der Waals surface area contributed by atoms with Crippen molar-refractivity contribution in [2.24, 2.45) is 4.99 Å². The van der Waals surface area contributed by atoms with Gasteiger partial charge in [-0.25, -0.2) is 0 Å². The maximum Gasteiger partial charge on any atom is 0.193 e. The summed E-state index contributed by atoms with van der Waals surface area (Å²) in [5.41, 5.74) is -0.00696. The molecule has 1 saturated carbocycles. The maximum absolute atomic E-state index is 6.32. The first kappa shape index (κ1) is 22.4. The van der Waals surface area contributed by atoms with Gasteiger partial charge in [0.25, 0.3) is 0 Å². The molecule has 1 aliphatic carbocycles. The van der Waals surface area contributed by atoms with Gasteiger partial charge in [0.2, 0.25) is 0 Å². The molecule has 158 valence electrons. The highest BCUT2D eigenvalue weighted by molar-refractivity contribution is 5.80. The van der Waals surface area contributed by atoms with Crippen LogP contribution in [0.1, 0.15) is 64.7 Å². The van der Waals surface area contributed by atoms with Crippen molar-refractivity contribution in [2.75, 3.05) is 53.6 Å². The number of nitrogens with zero attached hydrogens (tertiary/aromatic N) is 2. The van der Waals surface area contributed by atoms with E-state index in [1.165, 1.54) is 19.3 Å². The molecule has 0 radical (unpaired) electrons. The van der Waals surface area contributed by atoms with E-state index in [0.717, 1.165) is 83.9 Å². The molecule has 0 bridgehead atoms. The number of aliphatic imine (C=N–C) groups is 1. The van der Waals surface area contributed by atoms with Crippen molar-refractivity contribution in [3.63, 3.8) is 0 Å². The van der Waals surface area contributed by atoms with Crippen LogP contribution in [0.15, 0.2) is 4.99 Å². The Morgan fingerprint density at radius 3 is 2.48 bits per heavy atom. The third-order valence-corrected chi connectivity index (χ3v) is 5.75. The van der Waals surface area contributed by atoms with Gasteiger partial charge < -0.3 is 24.4 Å². The molecule has 1 heterocycles. The number of hydrogen-bond donors (Lipinski definition) is 1. The Bertz CT molecular complexity index is 417. The first-order valence-electron chi connectivity index (χ1n) is 10.9. The van der Waals surface area contributed by atoms with Crippen molar-refractivity contribution in [1.82, 2.24) is 10.2 Å². The number of hydrogen-bond acceptors (Lipinski definition) is 4. The lowest BCUT2D eigenvalue weighted by Crippen LogP contribution is -2.52. The summed E-state index contributed by atoms with van der Waals surface area (Å²) in [6.07, 6.45) is 10.7. The summed E-state index contributed by atoms with van der Waals surface area (Å²) in [5.74, 6) is 1.01. The zero-order valence-electron chi connectivity index (χ0n) is 17.8. The molecule has 2 fully saturated rings. The van der Waals surface area contributed by atoms with E-state index in [1.54, 1.807) is 7.11 Å². The quantitative estimate of drug-likeness (QED) is 0.357. The van der Waals surface area contributed by atoms with Crippen LogP contribution in [-0.2, 0) is 14.2 Å². The van der Waals surface area contributed by atoms with Gasteiger partial charge >= 0.3 is 0 Å². The van der Waals surface area contributed by atoms with E-state index >= 15 is 0 Å². The van der Waals surface area contributed by atoms with Gasteiger partial charge in [0.15, 0.2) is 5.96 Å². The van der Waals surface area contributed by atoms with E-state index in [1.807, 2.05) is 7.05 Å².